The minimum atomic E-state index is -0.250. The molecule has 0 saturated carbocycles. The average molecular weight is 334 g/mol. The number of hydrogen-bond donors (Lipinski definition) is 1. The molecule has 0 aliphatic carbocycles. The van der Waals surface area contributed by atoms with E-state index in [9.17, 15) is 4.39 Å². The lowest BCUT2D eigenvalue weighted by Crippen LogP contribution is -2.12. The highest BCUT2D eigenvalue weighted by molar-refractivity contribution is 9.10. The van der Waals surface area contributed by atoms with E-state index in [4.69, 9.17) is 10.2 Å². The molecule has 0 bridgehead atoms. The zero-order chi connectivity index (χ0) is 14.1. The number of nitrogens with two attached hydrogens (primary N) is 1. The molecule has 2 aromatic carbocycles. The van der Waals surface area contributed by atoms with E-state index in [-0.39, 0.29) is 11.9 Å². The summed E-state index contributed by atoms with van der Waals surface area (Å²) in [5, 5.41) is 1.02. The first-order chi connectivity index (χ1) is 9.63. The maximum atomic E-state index is 12.9. The summed E-state index contributed by atoms with van der Waals surface area (Å²) < 4.78 is 19.6. The molecule has 4 heteroatoms. The molecule has 0 saturated heterocycles. The molecule has 1 aromatic heterocycles. The molecule has 20 heavy (non-hydrogen) atoms. The summed E-state index contributed by atoms with van der Waals surface area (Å²) >= 11 is 3.46. The monoisotopic (exact) mass is 333 g/mol. The van der Waals surface area contributed by atoms with Gasteiger partial charge in [-0.15, -0.1) is 0 Å². The number of halogens is 2. The molecule has 1 atom stereocenters. The van der Waals surface area contributed by atoms with Crippen molar-refractivity contribution in [3.63, 3.8) is 0 Å². The summed E-state index contributed by atoms with van der Waals surface area (Å²) in [7, 11) is 0. The van der Waals surface area contributed by atoms with Crippen LogP contribution in [0.15, 0.2) is 57.4 Å². The summed E-state index contributed by atoms with van der Waals surface area (Å²) in [5.74, 6) is 0.492. The molecule has 2 nitrogen and oxygen atoms in total. The Labute approximate surface area is 124 Å². The van der Waals surface area contributed by atoms with Gasteiger partial charge < -0.3 is 10.2 Å². The van der Waals surface area contributed by atoms with Crippen molar-refractivity contribution >= 4 is 26.9 Å². The van der Waals surface area contributed by atoms with Crippen molar-refractivity contribution in [2.24, 2.45) is 5.73 Å². The Morgan fingerprint density at radius 3 is 2.60 bits per heavy atom. The third-order valence-corrected chi connectivity index (χ3v) is 3.87. The molecule has 2 N–H and O–H groups in total. The van der Waals surface area contributed by atoms with E-state index in [2.05, 4.69) is 15.9 Å². The van der Waals surface area contributed by atoms with Gasteiger partial charge in [-0.05, 0) is 52.2 Å². The molecule has 3 aromatic rings. The van der Waals surface area contributed by atoms with E-state index in [1.807, 2.05) is 24.3 Å². The van der Waals surface area contributed by atoms with E-state index >= 15 is 0 Å². The van der Waals surface area contributed by atoms with Crippen LogP contribution in [0.3, 0.4) is 0 Å². The van der Waals surface area contributed by atoms with Crippen LogP contribution in [0.5, 0.6) is 0 Å². The van der Waals surface area contributed by atoms with Crippen molar-refractivity contribution in [3.05, 3.63) is 70.1 Å². The van der Waals surface area contributed by atoms with Gasteiger partial charge in [-0.2, -0.15) is 0 Å². The van der Waals surface area contributed by atoms with Gasteiger partial charge in [0.2, 0.25) is 0 Å². The molecule has 0 fully saturated rings. The average Bonchev–Trinajstić information content (AvgIpc) is 2.87. The quantitative estimate of drug-likeness (QED) is 0.762. The number of hydrogen-bond acceptors (Lipinski definition) is 2. The smallest absolute Gasteiger partial charge is 0.148 e. The second kappa shape index (κ2) is 5.38. The molecule has 0 aliphatic heterocycles. The Balaban J connectivity index is 1.86. The summed E-state index contributed by atoms with van der Waals surface area (Å²) in [6, 6.07) is 13.9. The van der Waals surface area contributed by atoms with Gasteiger partial charge in [0, 0.05) is 5.39 Å². The minimum Gasteiger partial charge on any atom is -0.458 e. The Hall–Kier alpha value is -1.65. The van der Waals surface area contributed by atoms with Gasteiger partial charge in [0.1, 0.15) is 17.2 Å². The van der Waals surface area contributed by atoms with Crippen molar-refractivity contribution in [1.29, 1.82) is 0 Å². The highest BCUT2D eigenvalue weighted by Crippen LogP contribution is 2.30. The third-order valence-electron chi connectivity index (χ3n) is 3.25. The highest BCUT2D eigenvalue weighted by atomic mass is 79.9. The molecular formula is C16H13BrFNO. The lowest BCUT2D eigenvalue weighted by molar-refractivity contribution is 0.493. The van der Waals surface area contributed by atoms with Crippen LogP contribution in [-0.4, -0.2) is 0 Å². The molecule has 3 rings (SSSR count). The molecule has 0 spiro atoms. The second-order valence-electron chi connectivity index (χ2n) is 4.74. The van der Waals surface area contributed by atoms with Gasteiger partial charge in [0.15, 0.2) is 0 Å². The number of furan rings is 1. The molecule has 0 radical (unpaired) electrons. The summed E-state index contributed by atoms with van der Waals surface area (Å²) in [5.41, 5.74) is 7.96. The Morgan fingerprint density at radius 1 is 1.15 bits per heavy atom. The van der Waals surface area contributed by atoms with Gasteiger partial charge in [-0.1, -0.05) is 24.3 Å². The zero-order valence-electron chi connectivity index (χ0n) is 10.6. The van der Waals surface area contributed by atoms with E-state index in [1.165, 1.54) is 12.1 Å². The number of fused-ring (bicyclic) bond motifs is 1. The van der Waals surface area contributed by atoms with Gasteiger partial charge in [0.25, 0.3) is 0 Å². The molecule has 102 valence electrons. The van der Waals surface area contributed by atoms with Crippen molar-refractivity contribution in [2.45, 2.75) is 12.5 Å². The fourth-order valence-electron chi connectivity index (χ4n) is 2.21. The largest absolute Gasteiger partial charge is 0.458 e. The maximum Gasteiger partial charge on any atom is 0.148 e. The second-order valence-corrected chi connectivity index (χ2v) is 5.60. The predicted octanol–water partition coefficient (Wildman–Crippen LogP) is 4.58. The summed E-state index contributed by atoms with van der Waals surface area (Å²) in [4.78, 5) is 0. The maximum absolute atomic E-state index is 12.9. The van der Waals surface area contributed by atoms with Crippen LogP contribution in [0.2, 0.25) is 0 Å². The molecule has 1 unspecified atom stereocenters. The molecule has 0 aliphatic rings. The minimum absolute atomic E-state index is 0.241. The summed E-state index contributed by atoms with van der Waals surface area (Å²) in [6.45, 7) is 0. The Morgan fingerprint density at radius 2 is 1.90 bits per heavy atom. The van der Waals surface area contributed by atoms with E-state index in [1.54, 1.807) is 12.1 Å². The Kier molecular flexibility index (Phi) is 3.59. The van der Waals surface area contributed by atoms with Crippen LogP contribution < -0.4 is 5.73 Å². The first-order valence-corrected chi connectivity index (χ1v) is 7.11. The Bertz CT molecular complexity index is 736. The van der Waals surface area contributed by atoms with Crippen LogP contribution in [0.25, 0.3) is 11.0 Å². The van der Waals surface area contributed by atoms with Crippen LogP contribution in [-0.2, 0) is 6.42 Å². The first-order valence-electron chi connectivity index (χ1n) is 6.31. The van der Waals surface area contributed by atoms with Gasteiger partial charge in [-0.25, -0.2) is 4.39 Å². The number of benzene rings is 2. The zero-order valence-corrected chi connectivity index (χ0v) is 12.2. The van der Waals surface area contributed by atoms with Crippen LogP contribution in [0.1, 0.15) is 17.4 Å². The normalized spacial score (nSPS) is 12.8. The molecule has 0 amide bonds. The lowest BCUT2D eigenvalue weighted by Gasteiger charge is -2.08. The topological polar surface area (TPSA) is 39.2 Å². The van der Waals surface area contributed by atoms with E-state index < -0.39 is 0 Å². The van der Waals surface area contributed by atoms with Crippen LogP contribution >= 0.6 is 15.9 Å². The van der Waals surface area contributed by atoms with Crippen LogP contribution in [0.4, 0.5) is 4.39 Å². The fraction of sp³-hybridized carbons (Fsp3) is 0.125. The van der Waals surface area contributed by atoms with Gasteiger partial charge in [-0.3, -0.25) is 0 Å². The van der Waals surface area contributed by atoms with Crippen LogP contribution in [0, 0.1) is 5.82 Å². The van der Waals surface area contributed by atoms with Crippen molar-refractivity contribution in [1.82, 2.24) is 0 Å². The first kappa shape index (κ1) is 13.3. The number of rotatable bonds is 3. The fourth-order valence-corrected chi connectivity index (χ4v) is 2.67. The van der Waals surface area contributed by atoms with Gasteiger partial charge in [0.05, 0.1) is 10.5 Å². The van der Waals surface area contributed by atoms with Gasteiger partial charge >= 0.3 is 0 Å². The lowest BCUT2D eigenvalue weighted by atomic mass is 10.0. The SMILES string of the molecule is NC(Cc1ccc(F)cc1)c1cc2cccc(Br)c2o1. The standard InChI is InChI=1S/C16H13BrFNO/c17-13-3-1-2-11-9-15(20-16(11)13)14(19)8-10-4-6-12(18)7-5-10/h1-7,9,14H,8,19H2. The predicted molar refractivity (Wildman–Crippen MR) is 80.9 cm³/mol. The molecule has 1 heterocycles. The third kappa shape index (κ3) is 2.62. The van der Waals surface area contributed by atoms with E-state index in [0.717, 1.165) is 26.8 Å². The molecular weight excluding hydrogens is 321 g/mol. The van der Waals surface area contributed by atoms with Crippen molar-refractivity contribution < 1.29 is 8.81 Å². The van der Waals surface area contributed by atoms with Crippen molar-refractivity contribution in [2.75, 3.05) is 0 Å². The van der Waals surface area contributed by atoms with Crippen molar-refractivity contribution in [3.8, 4) is 0 Å². The number of para-hydroxylation sites is 1. The highest BCUT2D eigenvalue weighted by Gasteiger charge is 2.14. The van der Waals surface area contributed by atoms with E-state index in [0.29, 0.717) is 6.42 Å². The summed E-state index contributed by atoms with van der Waals surface area (Å²) in [6.07, 6.45) is 0.609.